The van der Waals surface area contributed by atoms with Crippen molar-refractivity contribution in [3.8, 4) is 0 Å². The van der Waals surface area contributed by atoms with Gasteiger partial charge >= 0.3 is 0 Å². The summed E-state index contributed by atoms with van der Waals surface area (Å²) in [5.74, 6) is 0.198. The highest BCUT2D eigenvalue weighted by Crippen LogP contribution is 2.36. The maximum Gasteiger partial charge on any atom is 0.0637 e. The van der Waals surface area contributed by atoms with Crippen LogP contribution in [0.2, 0.25) is 0 Å². The van der Waals surface area contributed by atoms with Crippen LogP contribution in [0.25, 0.3) is 0 Å². The molecule has 0 aromatic heterocycles. The van der Waals surface area contributed by atoms with Gasteiger partial charge in [-0.1, -0.05) is 48.5 Å². The Labute approximate surface area is 562 Å². The van der Waals surface area contributed by atoms with Gasteiger partial charge in [0.15, 0.2) is 0 Å². The molecule has 0 spiro atoms. The minimum Gasteiger partial charge on any atom is -0.381 e. The Morgan fingerprint density at radius 3 is 0.516 bits per heavy atom. The Balaban J connectivity index is 0.000000307. The first kappa shape index (κ1) is 81.1. The van der Waals surface area contributed by atoms with Gasteiger partial charge in [-0.2, -0.15) is 0 Å². The van der Waals surface area contributed by atoms with Gasteiger partial charge in [0.25, 0.3) is 0 Å². The summed E-state index contributed by atoms with van der Waals surface area (Å²) >= 11 is 0. The Morgan fingerprint density at radius 1 is 0.226 bits per heavy atom. The lowest BCUT2D eigenvalue weighted by atomic mass is 9.84. The number of hydrogen-bond donors (Lipinski definition) is 0. The minimum atomic E-state index is -0.459. The van der Waals surface area contributed by atoms with Crippen LogP contribution in [0.1, 0.15) is 138 Å². The van der Waals surface area contributed by atoms with Crippen molar-refractivity contribution in [2.24, 2.45) is 49.2 Å². The molecule has 0 aromatic carbocycles. The van der Waals surface area contributed by atoms with Crippen LogP contribution in [0.3, 0.4) is 0 Å². The van der Waals surface area contributed by atoms with Crippen LogP contribution in [-0.2, 0) is 99.5 Å². The van der Waals surface area contributed by atoms with Gasteiger partial charge in [-0.05, 0) is 89.9 Å². The van der Waals surface area contributed by atoms with Gasteiger partial charge in [-0.15, -0.1) is 0 Å². The van der Waals surface area contributed by atoms with Gasteiger partial charge < -0.3 is 99.5 Å². The first-order valence-electron chi connectivity index (χ1n) is 36.6. The molecule has 93 heavy (non-hydrogen) atoms. The smallest absolute Gasteiger partial charge is 0.0637 e. The molecule has 0 aliphatic carbocycles. The van der Waals surface area contributed by atoms with Gasteiger partial charge in [0.2, 0.25) is 0 Å². The van der Waals surface area contributed by atoms with E-state index in [1.807, 2.05) is 0 Å². The third kappa shape index (κ3) is 29.3. The van der Waals surface area contributed by atoms with Crippen LogP contribution in [0.5, 0.6) is 0 Å². The van der Waals surface area contributed by atoms with Crippen molar-refractivity contribution in [3.63, 3.8) is 0 Å². The van der Waals surface area contributed by atoms with Crippen LogP contribution in [-0.4, -0.2) is 277 Å². The molecule has 0 atom stereocenters. The molecule has 7 saturated heterocycles. The van der Waals surface area contributed by atoms with Crippen molar-refractivity contribution >= 4 is 0 Å². The topological polar surface area (TPSA) is 194 Å². The third-order valence-electron chi connectivity index (χ3n) is 20.6. The molecule has 0 amide bonds. The molecule has 0 saturated carbocycles. The molecule has 7 rings (SSSR count). The van der Waals surface area contributed by atoms with Crippen molar-refractivity contribution in [1.82, 2.24) is 0 Å². The molecule has 548 valence electrons. The summed E-state index contributed by atoms with van der Waals surface area (Å²) in [4.78, 5) is 0. The molecule has 21 heteroatoms. The summed E-state index contributed by atoms with van der Waals surface area (Å²) in [5.41, 5.74) is 1.03. The van der Waals surface area contributed by atoms with Gasteiger partial charge in [-0.3, -0.25) is 0 Å². The summed E-state index contributed by atoms with van der Waals surface area (Å²) < 4.78 is 123. The third-order valence-corrected chi connectivity index (χ3v) is 20.6. The Kier molecular flexibility index (Phi) is 40.0. The fourth-order valence-corrected chi connectivity index (χ4v) is 11.6. The second-order valence-electron chi connectivity index (χ2n) is 29.1. The minimum absolute atomic E-state index is 0.193. The molecule has 0 N–H and O–H groups in total. The molecule has 0 bridgehead atoms. The predicted molar refractivity (Wildman–Crippen MR) is 355 cm³/mol. The monoisotopic (exact) mass is 1330 g/mol. The summed E-state index contributed by atoms with van der Waals surface area (Å²) in [6, 6.07) is 0. The van der Waals surface area contributed by atoms with E-state index in [1.165, 1.54) is 0 Å². The fourth-order valence-electron chi connectivity index (χ4n) is 11.6. The van der Waals surface area contributed by atoms with E-state index in [0.29, 0.717) is 119 Å². The highest BCUT2D eigenvalue weighted by atomic mass is 16.6. The molecular formula is C72H134O21. The largest absolute Gasteiger partial charge is 0.381 e. The van der Waals surface area contributed by atoms with Gasteiger partial charge in [0, 0.05) is 136 Å². The fraction of sp³-hybridized carbons (Fsp3) is 1.00. The van der Waals surface area contributed by atoms with Crippen LogP contribution >= 0.6 is 0 Å². The number of rotatable bonds is 63. The van der Waals surface area contributed by atoms with Crippen molar-refractivity contribution in [1.29, 1.82) is 0 Å². The number of ether oxygens (including phenoxy) is 21. The number of hydrogen-bond acceptors (Lipinski definition) is 21. The first-order chi connectivity index (χ1) is 45.5. The highest BCUT2D eigenvalue weighted by Gasteiger charge is 2.42. The van der Waals surface area contributed by atoms with Crippen molar-refractivity contribution in [2.75, 3.05) is 277 Å². The molecule has 7 aliphatic rings. The standard InChI is InChI=1S/C41H76O12.C31H58O9/c1-5-37(25-50-26-37)21-42-13-9-17-46-33-41(34-47-18-10-14-43-22-38(6-2)27-51-28-38,35-48-19-11-15-44-23-39(7-3)29-52-30-39)36-49-20-12-16-45-24-40(8-4)31-53-32-40;1-4-29(22-38-23-29)19-35-13-7-10-32-16-28(17-33-11-8-14-36-20-30(5-2)24-39-25-30)18-34-12-9-15-37-21-31(6-3)26-40-27-31/h5-36H2,1-4H3;28H,4-27H2,1-3H3. The van der Waals surface area contributed by atoms with Crippen LogP contribution in [0.15, 0.2) is 0 Å². The average Bonchev–Trinajstić information content (AvgIpc) is 1.79. The first-order valence-corrected chi connectivity index (χ1v) is 36.6. The Hall–Kier alpha value is -0.840. The summed E-state index contributed by atoms with van der Waals surface area (Å²) in [5, 5.41) is 0. The highest BCUT2D eigenvalue weighted by molar-refractivity contribution is 4.89. The Bertz CT molecular complexity index is 1550. The zero-order valence-electron chi connectivity index (χ0n) is 59.7. The van der Waals surface area contributed by atoms with Crippen molar-refractivity contribution in [3.05, 3.63) is 0 Å². The van der Waals surface area contributed by atoms with Crippen LogP contribution in [0.4, 0.5) is 0 Å². The lowest BCUT2D eigenvalue weighted by molar-refractivity contribution is -0.153. The van der Waals surface area contributed by atoms with Gasteiger partial charge in [0.1, 0.15) is 0 Å². The van der Waals surface area contributed by atoms with E-state index in [1.54, 1.807) is 0 Å². The van der Waals surface area contributed by atoms with Gasteiger partial charge in [-0.25, -0.2) is 0 Å². The predicted octanol–water partition coefficient (Wildman–Crippen LogP) is 9.52. The normalized spacial score (nSPS) is 20.9. The average molecular weight is 1340 g/mol. The zero-order valence-corrected chi connectivity index (χ0v) is 59.7. The second-order valence-corrected chi connectivity index (χ2v) is 29.1. The van der Waals surface area contributed by atoms with E-state index in [0.717, 1.165) is 248 Å². The van der Waals surface area contributed by atoms with Gasteiger partial charge in [0.05, 0.1) is 190 Å². The molecule has 7 fully saturated rings. The van der Waals surface area contributed by atoms with Crippen molar-refractivity contribution < 1.29 is 99.5 Å². The summed E-state index contributed by atoms with van der Waals surface area (Å²) in [6.45, 7) is 45.1. The van der Waals surface area contributed by atoms with E-state index in [-0.39, 0.29) is 43.8 Å². The van der Waals surface area contributed by atoms with E-state index < -0.39 is 5.41 Å². The molecule has 0 unspecified atom stereocenters. The van der Waals surface area contributed by atoms with Crippen LogP contribution < -0.4 is 0 Å². The summed E-state index contributed by atoms with van der Waals surface area (Å²) in [6.07, 6.45) is 13.6. The molecule has 7 heterocycles. The molecular weight excluding hydrogens is 1200 g/mol. The van der Waals surface area contributed by atoms with E-state index in [9.17, 15) is 0 Å². The lowest BCUT2D eigenvalue weighted by Crippen LogP contribution is -2.45. The quantitative estimate of drug-likeness (QED) is 0.0522. The molecule has 21 nitrogen and oxygen atoms in total. The maximum atomic E-state index is 6.34. The lowest BCUT2D eigenvalue weighted by Gasteiger charge is -2.40. The molecule has 0 aromatic rings. The van der Waals surface area contributed by atoms with E-state index in [2.05, 4.69) is 48.5 Å². The summed E-state index contributed by atoms with van der Waals surface area (Å²) in [7, 11) is 0. The zero-order chi connectivity index (χ0) is 66.0. The SMILES string of the molecule is CCC1(COCCCOCC(COCCCOCC2(CC)COC2)(COCCCOCC2(CC)COC2)COCCCOCC2(CC)COC2)COC1.CCC1(COCCCOCC(COCCCOCC2(CC)COC2)COCCCOCC2(CC)COC2)COC1. The Morgan fingerprint density at radius 2 is 0.376 bits per heavy atom. The maximum absolute atomic E-state index is 6.34. The second kappa shape index (κ2) is 45.8. The van der Waals surface area contributed by atoms with E-state index in [4.69, 9.17) is 99.5 Å². The van der Waals surface area contributed by atoms with E-state index >= 15 is 0 Å². The molecule has 0 radical (unpaired) electrons. The van der Waals surface area contributed by atoms with Crippen LogP contribution in [0, 0.1) is 49.2 Å². The molecule has 7 aliphatic heterocycles. The van der Waals surface area contributed by atoms with Crippen molar-refractivity contribution in [2.45, 2.75) is 138 Å².